The number of carbonyl (C=O) groups is 1. The number of hydrogen-bond acceptors (Lipinski definition) is 3. The topological polar surface area (TPSA) is 55.6 Å². The standard InChI is InChI=1S/C13H18N2O2/c1-15(8-9-3-4-9)13(16)11-7-10(14)5-6-12(11)17-2/h5-7,9H,3-4,8,14H2,1-2H3. The fourth-order valence-electron chi connectivity index (χ4n) is 1.87. The summed E-state index contributed by atoms with van der Waals surface area (Å²) in [5, 5.41) is 0. The number of carbonyl (C=O) groups excluding carboxylic acids is 1. The lowest BCUT2D eigenvalue weighted by molar-refractivity contribution is 0.0785. The number of ether oxygens (including phenoxy) is 1. The summed E-state index contributed by atoms with van der Waals surface area (Å²) in [6, 6.07) is 5.13. The molecule has 1 saturated carbocycles. The molecule has 0 aromatic heterocycles. The molecule has 0 radical (unpaired) electrons. The van der Waals surface area contributed by atoms with Crippen molar-refractivity contribution < 1.29 is 9.53 Å². The minimum atomic E-state index is -0.0268. The average molecular weight is 234 g/mol. The number of nitrogens with zero attached hydrogens (tertiary/aromatic N) is 1. The van der Waals surface area contributed by atoms with E-state index in [1.165, 1.54) is 12.8 Å². The first kappa shape index (κ1) is 11.8. The molecule has 1 aliphatic carbocycles. The van der Waals surface area contributed by atoms with Crippen molar-refractivity contribution in [1.29, 1.82) is 0 Å². The van der Waals surface area contributed by atoms with E-state index in [-0.39, 0.29) is 5.91 Å². The van der Waals surface area contributed by atoms with Crippen LogP contribution in [0.15, 0.2) is 18.2 Å². The zero-order valence-corrected chi connectivity index (χ0v) is 10.3. The van der Waals surface area contributed by atoms with Gasteiger partial charge in [0.1, 0.15) is 5.75 Å². The normalized spacial score (nSPS) is 14.5. The summed E-state index contributed by atoms with van der Waals surface area (Å²) in [6.45, 7) is 0.816. The SMILES string of the molecule is COc1ccc(N)cc1C(=O)N(C)CC1CC1. The van der Waals surface area contributed by atoms with E-state index in [0.717, 1.165) is 6.54 Å². The fraction of sp³-hybridized carbons (Fsp3) is 0.462. The zero-order chi connectivity index (χ0) is 12.4. The van der Waals surface area contributed by atoms with Crippen molar-refractivity contribution in [2.24, 2.45) is 5.92 Å². The molecule has 4 heteroatoms. The van der Waals surface area contributed by atoms with Gasteiger partial charge in [0.15, 0.2) is 0 Å². The third kappa shape index (κ3) is 2.70. The van der Waals surface area contributed by atoms with Crippen LogP contribution in [0.5, 0.6) is 5.75 Å². The van der Waals surface area contributed by atoms with Gasteiger partial charge in [-0.1, -0.05) is 0 Å². The smallest absolute Gasteiger partial charge is 0.257 e. The molecule has 0 bridgehead atoms. The number of benzene rings is 1. The van der Waals surface area contributed by atoms with E-state index in [4.69, 9.17) is 10.5 Å². The van der Waals surface area contributed by atoms with Crippen LogP contribution < -0.4 is 10.5 Å². The van der Waals surface area contributed by atoms with Crippen LogP contribution >= 0.6 is 0 Å². The summed E-state index contributed by atoms with van der Waals surface area (Å²) in [5.74, 6) is 1.23. The van der Waals surface area contributed by atoms with Gasteiger partial charge in [-0.25, -0.2) is 0 Å². The molecule has 17 heavy (non-hydrogen) atoms. The molecule has 0 unspecified atom stereocenters. The Labute approximate surface area is 101 Å². The Balaban J connectivity index is 2.18. The summed E-state index contributed by atoms with van der Waals surface area (Å²) in [7, 11) is 3.38. The highest BCUT2D eigenvalue weighted by Gasteiger charge is 2.26. The van der Waals surface area contributed by atoms with Crippen molar-refractivity contribution in [3.05, 3.63) is 23.8 Å². The lowest BCUT2D eigenvalue weighted by Crippen LogP contribution is -2.29. The van der Waals surface area contributed by atoms with Crippen molar-refractivity contribution in [2.75, 3.05) is 26.4 Å². The van der Waals surface area contributed by atoms with Crippen LogP contribution in [0.25, 0.3) is 0 Å². The van der Waals surface area contributed by atoms with Gasteiger partial charge in [-0.05, 0) is 37.0 Å². The molecule has 0 aliphatic heterocycles. The van der Waals surface area contributed by atoms with Crippen molar-refractivity contribution in [3.8, 4) is 5.75 Å². The summed E-state index contributed by atoms with van der Waals surface area (Å²) in [6.07, 6.45) is 2.46. The molecular formula is C13H18N2O2. The summed E-state index contributed by atoms with van der Waals surface area (Å²) in [4.78, 5) is 14.0. The van der Waals surface area contributed by atoms with Crippen molar-refractivity contribution in [3.63, 3.8) is 0 Å². The molecule has 1 fully saturated rings. The first-order valence-corrected chi connectivity index (χ1v) is 5.80. The van der Waals surface area contributed by atoms with E-state index in [2.05, 4.69) is 0 Å². The number of amides is 1. The van der Waals surface area contributed by atoms with Crippen LogP contribution in [0.1, 0.15) is 23.2 Å². The minimum Gasteiger partial charge on any atom is -0.496 e. The Morgan fingerprint density at radius 2 is 2.24 bits per heavy atom. The highest BCUT2D eigenvalue weighted by molar-refractivity contribution is 5.97. The lowest BCUT2D eigenvalue weighted by Gasteiger charge is -2.18. The van der Waals surface area contributed by atoms with Crippen molar-refractivity contribution >= 4 is 11.6 Å². The second-order valence-corrected chi connectivity index (χ2v) is 4.59. The number of rotatable bonds is 4. The number of nitrogens with two attached hydrogens (primary N) is 1. The largest absolute Gasteiger partial charge is 0.496 e. The van der Waals surface area contributed by atoms with Gasteiger partial charge in [0, 0.05) is 19.3 Å². The molecule has 4 nitrogen and oxygen atoms in total. The van der Waals surface area contributed by atoms with Gasteiger partial charge in [-0.2, -0.15) is 0 Å². The Kier molecular flexibility index (Phi) is 3.22. The predicted octanol–water partition coefficient (Wildman–Crippen LogP) is 1.76. The van der Waals surface area contributed by atoms with E-state index < -0.39 is 0 Å². The van der Waals surface area contributed by atoms with Gasteiger partial charge >= 0.3 is 0 Å². The number of methoxy groups -OCH3 is 1. The van der Waals surface area contributed by atoms with Crippen LogP contribution in [0.2, 0.25) is 0 Å². The quantitative estimate of drug-likeness (QED) is 0.808. The Hall–Kier alpha value is -1.71. The molecule has 0 spiro atoms. The van der Waals surface area contributed by atoms with Crippen LogP contribution in [0, 0.1) is 5.92 Å². The van der Waals surface area contributed by atoms with Gasteiger partial charge < -0.3 is 15.4 Å². The van der Waals surface area contributed by atoms with Gasteiger partial charge in [-0.3, -0.25) is 4.79 Å². The maximum atomic E-state index is 12.2. The molecule has 1 aliphatic rings. The molecule has 2 rings (SSSR count). The molecule has 1 aromatic rings. The number of nitrogen functional groups attached to an aromatic ring is 1. The van der Waals surface area contributed by atoms with Crippen molar-refractivity contribution in [2.45, 2.75) is 12.8 Å². The van der Waals surface area contributed by atoms with E-state index in [0.29, 0.717) is 22.9 Å². The maximum Gasteiger partial charge on any atom is 0.257 e. The van der Waals surface area contributed by atoms with Crippen LogP contribution in [-0.2, 0) is 0 Å². The highest BCUT2D eigenvalue weighted by atomic mass is 16.5. The summed E-state index contributed by atoms with van der Waals surface area (Å²) < 4.78 is 5.19. The van der Waals surface area contributed by atoms with E-state index in [9.17, 15) is 4.79 Å². The van der Waals surface area contributed by atoms with E-state index >= 15 is 0 Å². The zero-order valence-electron chi connectivity index (χ0n) is 10.3. The van der Waals surface area contributed by atoms with Gasteiger partial charge in [-0.15, -0.1) is 0 Å². The highest BCUT2D eigenvalue weighted by Crippen LogP contribution is 2.30. The molecule has 1 amide bonds. The maximum absolute atomic E-state index is 12.2. The minimum absolute atomic E-state index is 0.0268. The van der Waals surface area contributed by atoms with Crippen molar-refractivity contribution in [1.82, 2.24) is 4.90 Å². The van der Waals surface area contributed by atoms with Gasteiger partial charge in [0.05, 0.1) is 12.7 Å². The lowest BCUT2D eigenvalue weighted by atomic mass is 10.1. The molecule has 0 atom stereocenters. The monoisotopic (exact) mass is 234 g/mol. The predicted molar refractivity (Wildman–Crippen MR) is 67.1 cm³/mol. The Morgan fingerprint density at radius 3 is 2.82 bits per heavy atom. The van der Waals surface area contributed by atoms with Crippen LogP contribution in [-0.4, -0.2) is 31.5 Å². The molecule has 2 N–H and O–H groups in total. The molecule has 0 heterocycles. The Morgan fingerprint density at radius 1 is 1.53 bits per heavy atom. The number of hydrogen-bond donors (Lipinski definition) is 1. The van der Waals surface area contributed by atoms with Gasteiger partial charge in [0.25, 0.3) is 5.91 Å². The van der Waals surface area contributed by atoms with Crippen LogP contribution in [0.3, 0.4) is 0 Å². The second kappa shape index (κ2) is 4.65. The average Bonchev–Trinajstić information content (AvgIpc) is 3.11. The number of anilines is 1. The summed E-state index contributed by atoms with van der Waals surface area (Å²) in [5.41, 5.74) is 6.82. The van der Waals surface area contributed by atoms with Crippen LogP contribution in [0.4, 0.5) is 5.69 Å². The molecule has 0 saturated heterocycles. The molecule has 92 valence electrons. The van der Waals surface area contributed by atoms with E-state index in [1.807, 2.05) is 7.05 Å². The first-order valence-electron chi connectivity index (χ1n) is 5.80. The van der Waals surface area contributed by atoms with Gasteiger partial charge in [0.2, 0.25) is 0 Å². The first-order chi connectivity index (χ1) is 8.11. The molecule has 1 aromatic carbocycles. The van der Waals surface area contributed by atoms with E-state index in [1.54, 1.807) is 30.2 Å². The third-order valence-corrected chi connectivity index (χ3v) is 3.03. The molecular weight excluding hydrogens is 216 g/mol. The second-order valence-electron chi connectivity index (χ2n) is 4.59. The summed E-state index contributed by atoms with van der Waals surface area (Å²) >= 11 is 0. The fourth-order valence-corrected chi connectivity index (χ4v) is 1.87. The Bertz CT molecular complexity index is 427. The third-order valence-electron chi connectivity index (χ3n) is 3.03.